The van der Waals surface area contributed by atoms with Gasteiger partial charge in [-0.25, -0.2) is 0 Å². The molecule has 2 rings (SSSR count). The summed E-state index contributed by atoms with van der Waals surface area (Å²) in [5.41, 5.74) is 6.32. The van der Waals surface area contributed by atoms with E-state index in [1.807, 2.05) is 16.7 Å². The Morgan fingerprint density at radius 3 is 3.00 bits per heavy atom. The fraction of sp³-hybridized carbons (Fsp3) is 0.600. The van der Waals surface area contributed by atoms with E-state index < -0.39 is 0 Å². The third-order valence-corrected chi connectivity index (χ3v) is 4.03. The fourth-order valence-corrected chi connectivity index (χ4v) is 2.81. The molecule has 6 heteroatoms. The van der Waals surface area contributed by atoms with E-state index in [-0.39, 0.29) is 11.9 Å². The summed E-state index contributed by atoms with van der Waals surface area (Å²) >= 11 is 1.88. The smallest absolute Gasteiger partial charge is 0.259 e. The van der Waals surface area contributed by atoms with Crippen molar-refractivity contribution in [2.45, 2.75) is 13.0 Å². The van der Waals surface area contributed by atoms with Crippen LogP contribution in [0, 0.1) is 0 Å². The number of carbonyl (C=O) groups is 1. The second kappa shape index (κ2) is 4.37. The SMILES string of the molecule is CC1CSCCN1C(=O)c1cnn(C)c1N. The van der Waals surface area contributed by atoms with E-state index in [2.05, 4.69) is 12.0 Å². The van der Waals surface area contributed by atoms with Gasteiger partial charge in [0.05, 0.1) is 6.20 Å². The van der Waals surface area contributed by atoms with E-state index in [0.29, 0.717) is 11.4 Å². The molecule has 1 amide bonds. The summed E-state index contributed by atoms with van der Waals surface area (Å²) < 4.78 is 1.52. The van der Waals surface area contributed by atoms with Crippen LogP contribution in [0.4, 0.5) is 5.82 Å². The maximum Gasteiger partial charge on any atom is 0.259 e. The Morgan fingerprint density at radius 1 is 1.69 bits per heavy atom. The lowest BCUT2D eigenvalue weighted by Gasteiger charge is -2.32. The van der Waals surface area contributed by atoms with Crippen molar-refractivity contribution in [3.8, 4) is 0 Å². The highest BCUT2D eigenvalue weighted by atomic mass is 32.2. The van der Waals surface area contributed by atoms with E-state index in [0.717, 1.165) is 18.1 Å². The van der Waals surface area contributed by atoms with Crippen LogP contribution < -0.4 is 5.73 Å². The summed E-state index contributed by atoms with van der Waals surface area (Å²) in [6.45, 7) is 2.86. The number of carbonyl (C=O) groups excluding carboxylic acids is 1. The number of aryl methyl sites for hydroxylation is 1. The average Bonchev–Trinajstić information content (AvgIpc) is 2.60. The molecule has 0 aliphatic carbocycles. The van der Waals surface area contributed by atoms with Gasteiger partial charge in [-0.2, -0.15) is 16.9 Å². The van der Waals surface area contributed by atoms with E-state index in [1.54, 1.807) is 13.2 Å². The number of thioether (sulfide) groups is 1. The van der Waals surface area contributed by atoms with Gasteiger partial charge in [0.15, 0.2) is 0 Å². The topological polar surface area (TPSA) is 64.2 Å². The number of hydrogen-bond acceptors (Lipinski definition) is 4. The Bertz CT molecular complexity index is 404. The first-order valence-electron chi connectivity index (χ1n) is 5.27. The Labute approximate surface area is 99.0 Å². The number of aromatic nitrogens is 2. The number of nitrogen functional groups attached to an aromatic ring is 1. The summed E-state index contributed by atoms with van der Waals surface area (Å²) in [5.74, 6) is 2.43. The van der Waals surface area contributed by atoms with Gasteiger partial charge in [-0.15, -0.1) is 0 Å². The Hall–Kier alpha value is -1.17. The number of nitrogens with zero attached hydrogens (tertiary/aromatic N) is 3. The Kier molecular flexibility index (Phi) is 3.09. The van der Waals surface area contributed by atoms with Crippen LogP contribution in [0.1, 0.15) is 17.3 Å². The molecular weight excluding hydrogens is 224 g/mol. The zero-order valence-electron chi connectivity index (χ0n) is 9.51. The predicted octanol–water partition coefficient (Wildman–Crippen LogP) is 0.580. The van der Waals surface area contributed by atoms with Crippen molar-refractivity contribution >= 4 is 23.5 Å². The first-order chi connectivity index (χ1) is 7.61. The lowest BCUT2D eigenvalue weighted by atomic mass is 10.2. The highest BCUT2D eigenvalue weighted by Crippen LogP contribution is 2.20. The van der Waals surface area contributed by atoms with E-state index >= 15 is 0 Å². The van der Waals surface area contributed by atoms with E-state index in [1.165, 1.54) is 4.68 Å². The number of rotatable bonds is 1. The molecule has 1 fully saturated rings. The van der Waals surface area contributed by atoms with Gasteiger partial charge in [-0.1, -0.05) is 0 Å². The molecule has 5 nitrogen and oxygen atoms in total. The molecule has 0 bridgehead atoms. The average molecular weight is 240 g/mol. The minimum absolute atomic E-state index is 0.00148. The molecule has 0 saturated carbocycles. The standard InChI is InChI=1S/C10H16N4OS/c1-7-6-16-4-3-14(7)10(15)8-5-12-13(2)9(8)11/h5,7H,3-4,6,11H2,1-2H3. The molecule has 1 aliphatic heterocycles. The molecule has 1 atom stereocenters. The van der Waals surface area contributed by atoms with Crippen LogP contribution in [0.25, 0.3) is 0 Å². The number of nitrogens with two attached hydrogens (primary N) is 1. The van der Waals surface area contributed by atoms with Crippen molar-refractivity contribution in [2.75, 3.05) is 23.8 Å². The summed E-state index contributed by atoms with van der Waals surface area (Å²) in [7, 11) is 1.74. The number of hydrogen-bond donors (Lipinski definition) is 1. The van der Waals surface area contributed by atoms with Gasteiger partial charge < -0.3 is 10.6 Å². The Balaban J connectivity index is 2.21. The molecule has 1 aromatic rings. The van der Waals surface area contributed by atoms with Crippen molar-refractivity contribution in [1.29, 1.82) is 0 Å². The van der Waals surface area contributed by atoms with Crippen molar-refractivity contribution in [2.24, 2.45) is 7.05 Å². The molecule has 1 aromatic heterocycles. The molecule has 2 N–H and O–H groups in total. The number of anilines is 1. The largest absolute Gasteiger partial charge is 0.383 e. The fourth-order valence-electron chi connectivity index (χ4n) is 1.80. The van der Waals surface area contributed by atoms with Gasteiger partial charge in [0.1, 0.15) is 11.4 Å². The molecule has 88 valence electrons. The van der Waals surface area contributed by atoms with E-state index in [4.69, 9.17) is 5.73 Å². The minimum Gasteiger partial charge on any atom is -0.383 e. The van der Waals surface area contributed by atoms with Gasteiger partial charge >= 0.3 is 0 Å². The summed E-state index contributed by atoms with van der Waals surface area (Å²) in [4.78, 5) is 14.1. The normalized spacial score (nSPS) is 21.1. The molecule has 0 radical (unpaired) electrons. The van der Waals surface area contributed by atoms with Gasteiger partial charge in [-0.05, 0) is 6.92 Å². The van der Waals surface area contributed by atoms with Crippen molar-refractivity contribution in [3.05, 3.63) is 11.8 Å². The molecule has 1 aliphatic rings. The maximum atomic E-state index is 12.2. The lowest BCUT2D eigenvalue weighted by molar-refractivity contribution is 0.0717. The van der Waals surface area contributed by atoms with Crippen LogP contribution in [0.15, 0.2) is 6.20 Å². The van der Waals surface area contributed by atoms with Crippen LogP contribution in [0.3, 0.4) is 0 Å². The minimum atomic E-state index is -0.00148. The maximum absolute atomic E-state index is 12.2. The molecule has 1 saturated heterocycles. The van der Waals surface area contributed by atoms with E-state index in [9.17, 15) is 4.79 Å². The van der Waals surface area contributed by atoms with Crippen molar-refractivity contribution in [1.82, 2.24) is 14.7 Å². The predicted molar refractivity (Wildman–Crippen MR) is 65.4 cm³/mol. The van der Waals surface area contributed by atoms with Crippen LogP contribution in [0.2, 0.25) is 0 Å². The van der Waals surface area contributed by atoms with Crippen molar-refractivity contribution in [3.63, 3.8) is 0 Å². The first kappa shape index (κ1) is 11.3. The molecular formula is C10H16N4OS. The third kappa shape index (κ3) is 1.89. The monoisotopic (exact) mass is 240 g/mol. The van der Waals surface area contributed by atoms with Crippen LogP contribution >= 0.6 is 11.8 Å². The number of amides is 1. The Morgan fingerprint density at radius 2 is 2.44 bits per heavy atom. The molecule has 16 heavy (non-hydrogen) atoms. The lowest BCUT2D eigenvalue weighted by Crippen LogP contribution is -2.44. The molecule has 1 unspecified atom stereocenters. The first-order valence-corrected chi connectivity index (χ1v) is 6.43. The highest BCUT2D eigenvalue weighted by molar-refractivity contribution is 7.99. The van der Waals surface area contributed by atoms with Gasteiger partial charge in [-0.3, -0.25) is 9.48 Å². The summed E-state index contributed by atoms with van der Waals surface area (Å²) in [6.07, 6.45) is 1.55. The second-order valence-corrected chi connectivity index (χ2v) is 5.14. The second-order valence-electron chi connectivity index (χ2n) is 3.99. The molecule has 0 spiro atoms. The van der Waals surface area contributed by atoms with Gasteiger partial charge in [0.2, 0.25) is 0 Å². The van der Waals surface area contributed by atoms with Crippen LogP contribution in [-0.4, -0.2) is 44.7 Å². The van der Waals surface area contributed by atoms with Crippen LogP contribution in [-0.2, 0) is 7.05 Å². The van der Waals surface area contributed by atoms with Gasteiger partial charge in [0, 0.05) is 31.1 Å². The van der Waals surface area contributed by atoms with Crippen molar-refractivity contribution < 1.29 is 4.79 Å². The zero-order chi connectivity index (χ0) is 11.7. The molecule has 0 aromatic carbocycles. The quantitative estimate of drug-likeness (QED) is 0.780. The summed E-state index contributed by atoms with van der Waals surface area (Å²) in [6, 6.07) is 0.269. The summed E-state index contributed by atoms with van der Waals surface area (Å²) in [5, 5.41) is 4.00. The molecule has 2 heterocycles. The highest BCUT2D eigenvalue weighted by Gasteiger charge is 2.26. The zero-order valence-corrected chi connectivity index (χ0v) is 10.3. The third-order valence-electron chi connectivity index (χ3n) is 2.84. The van der Waals surface area contributed by atoms with Crippen LogP contribution in [0.5, 0.6) is 0 Å². The van der Waals surface area contributed by atoms with Gasteiger partial charge in [0.25, 0.3) is 5.91 Å².